The average Bonchev–Trinajstić information content (AvgIpc) is 3.39. The zero-order valence-corrected chi connectivity index (χ0v) is 21.5. The summed E-state index contributed by atoms with van der Waals surface area (Å²) in [6, 6.07) is 10.2. The molecule has 1 saturated heterocycles. The van der Waals surface area contributed by atoms with Crippen molar-refractivity contribution in [1.29, 1.82) is 0 Å². The van der Waals surface area contributed by atoms with Crippen molar-refractivity contribution in [3.05, 3.63) is 64.5 Å². The number of hydrogen-bond acceptors (Lipinski definition) is 6. The van der Waals surface area contributed by atoms with E-state index >= 15 is 0 Å². The van der Waals surface area contributed by atoms with Gasteiger partial charge in [-0.15, -0.1) is 0 Å². The smallest absolute Gasteiger partial charge is 0.414 e. The molecule has 4 aromatic rings. The van der Waals surface area contributed by atoms with E-state index in [4.69, 9.17) is 30.6 Å². The van der Waals surface area contributed by atoms with E-state index in [1.54, 1.807) is 13.2 Å². The molecular formula is C27H26ClFN4O4. The molecule has 1 saturated carbocycles. The van der Waals surface area contributed by atoms with Gasteiger partial charge >= 0.3 is 6.09 Å². The summed E-state index contributed by atoms with van der Waals surface area (Å²) >= 11 is 5.91. The maximum atomic E-state index is 14.4. The largest absolute Gasteiger partial charge is 0.449 e. The first-order chi connectivity index (χ1) is 17.9. The van der Waals surface area contributed by atoms with Gasteiger partial charge in [-0.3, -0.25) is 4.90 Å². The molecule has 6 rings (SSSR count). The number of aromatic nitrogens is 3. The molecule has 0 radical (unpaired) electrons. The highest BCUT2D eigenvalue weighted by molar-refractivity contribution is 6.30. The molecular weight excluding hydrogens is 499 g/mol. The summed E-state index contributed by atoms with van der Waals surface area (Å²) in [6.45, 7) is 4.05. The summed E-state index contributed by atoms with van der Waals surface area (Å²) in [5, 5.41) is 4.08. The molecule has 0 bridgehead atoms. The lowest BCUT2D eigenvalue weighted by Gasteiger charge is -2.39. The highest BCUT2D eigenvalue weighted by Gasteiger charge is 2.40. The average molecular weight is 525 g/mol. The highest BCUT2D eigenvalue weighted by atomic mass is 35.5. The number of nitrogens with zero attached hydrogens (tertiary/aromatic N) is 4. The van der Waals surface area contributed by atoms with Crippen LogP contribution in [0.2, 0.25) is 5.02 Å². The number of cyclic esters (lactones) is 1. The van der Waals surface area contributed by atoms with Crippen LogP contribution < -0.4 is 4.90 Å². The van der Waals surface area contributed by atoms with Crippen LogP contribution >= 0.6 is 11.6 Å². The minimum Gasteiger partial charge on any atom is -0.449 e. The Balaban J connectivity index is 1.50. The number of benzene rings is 2. The molecule has 1 amide bonds. The Bertz CT molecular complexity index is 1490. The van der Waals surface area contributed by atoms with Crippen molar-refractivity contribution in [2.75, 3.05) is 18.6 Å². The number of rotatable bonds is 5. The molecule has 0 N–H and O–H groups in total. The zero-order valence-electron chi connectivity index (χ0n) is 20.7. The van der Waals surface area contributed by atoms with Crippen LogP contribution in [0.15, 0.2) is 40.9 Å². The van der Waals surface area contributed by atoms with Crippen LogP contribution in [-0.2, 0) is 9.47 Å². The molecule has 2 aromatic heterocycles. The summed E-state index contributed by atoms with van der Waals surface area (Å²) in [5.41, 5.74) is 4.85. The summed E-state index contributed by atoms with van der Waals surface area (Å²) in [4.78, 5) is 19.6. The zero-order chi connectivity index (χ0) is 25.8. The predicted molar refractivity (Wildman–Crippen MR) is 136 cm³/mol. The third-order valence-electron chi connectivity index (χ3n) is 7.41. The lowest BCUT2D eigenvalue weighted by Crippen LogP contribution is -2.43. The van der Waals surface area contributed by atoms with Gasteiger partial charge in [0.25, 0.3) is 0 Å². The van der Waals surface area contributed by atoms with E-state index in [2.05, 4.69) is 15.8 Å². The van der Waals surface area contributed by atoms with Crippen molar-refractivity contribution < 1.29 is 23.2 Å². The van der Waals surface area contributed by atoms with Crippen molar-refractivity contribution in [1.82, 2.24) is 14.7 Å². The fourth-order valence-corrected chi connectivity index (χ4v) is 5.59. The van der Waals surface area contributed by atoms with Gasteiger partial charge in [-0.1, -0.05) is 22.8 Å². The molecule has 1 aliphatic heterocycles. The van der Waals surface area contributed by atoms with Crippen LogP contribution in [-0.4, -0.2) is 40.6 Å². The Morgan fingerprint density at radius 1 is 1.16 bits per heavy atom. The molecule has 2 fully saturated rings. The van der Waals surface area contributed by atoms with Gasteiger partial charge in [0.15, 0.2) is 0 Å². The van der Waals surface area contributed by atoms with Crippen LogP contribution in [0.4, 0.5) is 14.9 Å². The first-order valence-corrected chi connectivity index (χ1v) is 12.6. The Morgan fingerprint density at radius 3 is 2.68 bits per heavy atom. The summed E-state index contributed by atoms with van der Waals surface area (Å²) in [7, 11) is 1.72. The van der Waals surface area contributed by atoms with Crippen LogP contribution in [0.3, 0.4) is 0 Å². The van der Waals surface area contributed by atoms with E-state index in [1.165, 1.54) is 17.0 Å². The second kappa shape index (κ2) is 9.15. The van der Waals surface area contributed by atoms with E-state index in [0.29, 0.717) is 12.1 Å². The van der Waals surface area contributed by atoms with Gasteiger partial charge in [-0.05, 0) is 62.6 Å². The van der Waals surface area contributed by atoms with Crippen molar-refractivity contribution in [2.24, 2.45) is 0 Å². The molecule has 2 aromatic carbocycles. The van der Waals surface area contributed by atoms with Gasteiger partial charge in [0.2, 0.25) is 0 Å². The summed E-state index contributed by atoms with van der Waals surface area (Å²) in [5.74, 6) is 0.873. The number of carbonyl (C=O) groups is 1. The molecule has 0 unspecified atom stereocenters. The second-order valence-electron chi connectivity index (χ2n) is 9.61. The topological polar surface area (TPSA) is 82.6 Å². The standard InChI is InChI=1S/C27H26ClFN4O4/c1-14-25(15(2)37-31-14)16-4-7-23-22(10-16)30-26(32(23)18-11-19(12-18)35-3)24-8-9-36-27(34)33(24)17-5-6-20(28)21(29)13-17/h4-7,10,13,18-19,24H,8-9,11-12H2,1-3H3/t18-,19-,24-/m0/s1. The van der Waals surface area contributed by atoms with E-state index < -0.39 is 18.0 Å². The van der Waals surface area contributed by atoms with Crippen molar-refractivity contribution in [3.63, 3.8) is 0 Å². The fourth-order valence-electron chi connectivity index (χ4n) is 5.48. The number of amides is 1. The Kier molecular flexibility index (Phi) is 5.92. The van der Waals surface area contributed by atoms with E-state index in [1.807, 2.05) is 26.0 Å². The van der Waals surface area contributed by atoms with Gasteiger partial charge in [-0.2, -0.15) is 0 Å². The van der Waals surface area contributed by atoms with Crippen LogP contribution in [0, 0.1) is 19.7 Å². The van der Waals surface area contributed by atoms with Crippen molar-refractivity contribution in [2.45, 2.75) is 51.3 Å². The number of imidazole rings is 1. The highest BCUT2D eigenvalue weighted by Crippen LogP contribution is 2.43. The Morgan fingerprint density at radius 2 is 1.97 bits per heavy atom. The first-order valence-electron chi connectivity index (χ1n) is 12.2. The monoisotopic (exact) mass is 524 g/mol. The number of carbonyl (C=O) groups excluding carboxylic acids is 1. The number of halogens is 2. The SMILES string of the molecule is CO[C@H]1C[C@H](n2c([C@@H]3CCOC(=O)N3c3ccc(Cl)c(F)c3)nc3cc(-c4c(C)noc4C)ccc32)C1. The molecule has 37 heavy (non-hydrogen) atoms. The van der Waals surface area contributed by atoms with Crippen molar-refractivity contribution in [3.8, 4) is 11.1 Å². The minimum atomic E-state index is -0.601. The molecule has 1 aliphatic carbocycles. The maximum absolute atomic E-state index is 14.4. The molecule has 8 nitrogen and oxygen atoms in total. The molecule has 2 aliphatic rings. The van der Waals surface area contributed by atoms with Gasteiger partial charge in [0.1, 0.15) is 23.4 Å². The summed E-state index contributed by atoms with van der Waals surface area (Å²) in [6.07, 6.45) is 1.82. The Hall–Kier alpha value is -3.43. The maximum Gasteiger partial charge on any atom is 0.414 e. The number of anilines is 1. The Labute approximate surface area is 217 Å². The third kappa shape index (κ3) is 3.97. The van der Waals surface area contributed by atoms with Crippen LogP contribution in [0.25, 0.3) is 22.2 Å². The first kappa shape index (κ1) is 23.9. The number of fused-ring (bicyclic) bond motifs is 1. The van der Waals surface area contributed by atoms with E-state index in [9.17, 15) is 9.18 Å². The lowest BCUT2D eigenvalue weighted by molar-refractivity contribution is 0.00598. The van der Waals surface area contributed by atoms with E-state index in [0.717, 1.165) is 52.3 Å². The normalized spacial score (nSPS) is 21.8. The molecule has 0 spiro atoms. The summed E-state index contributed by atoms with van der Waals surface area (Å²) < 4.78 is 32.9. The second-order valence-corrected chi connectivity index (χ2v) is 10.0. The number of hydrogen-bond donors (Lipinski definition) is 0. The third-order valence-corrected chi connectivity index (χ3v) is 7.72. The lowest BCUT2D eigenvalue weighted by atomic mass is 9.88. The number of methoxy groups -OCH3 is 1. The molecule has 10 heteroatoms. The number of ether oxygens (including phenoxy) is 2. The van der Waals surface area contributed by atoms with Gasteiger partial charge in [-0.25, -0.2) is 14.2 Å². The van der Waals surface area contributed by atoms with Crippen LogP contribution in [0.5, 0.6) is 0 Å². The minimum absolute atomic E-state index is 0.00940. The fraction of sp³-hybridized carbons (Fsp3) is 0.370. The quantitative estimate of drug-likeness (QED) is 0.295. The molecule has 192 valence electrons. The molecule has 1 atom stereocenters. The van der Waals surface area contributed by atoms with Gasteiger partial charge < -0.3 is 18.6 Å². The van der Waals surface area contributed by atoms with Gasteiger partial charge in [0.05, 0.1) is 40.1 Å². The number of aryl methyl sites for hydroxylation is 2. The van der Waals surface area contributed by atoms with E-state index in [-0.39, 0.29) is 23.8 Å². The van der Waals surface area contributed by atoms with Crippen LogP contribution in [0.1, 0.15) is 48.6 Å². The predicted octanol–water partition coefficient (Wildman–Crippen LogP) is 6.54. The van der Waals surface area contributed by atoms with Gasteiger partial charge in [0, 0.05) is 25.1 Å². The molecule has 3 heterocycles. The van der Waals surface area contributed by atoms with Crippen molar-refractivity contribution >= 4 is 34.4 Å².